The maximum atomic E-state index is 5.49. The van der Waals surface area contributed by atoms with E-state index in [1.165, 1.54) is 0 Å². The summed E-state index contributed by atoms with van der Waals surface area (Å²) in [7, 11) is 3.63. The molecule has 1 fully saturated rings. The minimum atomic E-state index is 0.0955. The summed E-state index contributed by atoms with van der Waals surface area (Å²) in [6.45, 7) is 3.40. The standard InChI is InChI=1S/C12H21N3O3/c1-8(16-3)6-11-14-12(18-15-11)9-7-17-5-4-10(9)13-2/h8-10,13H,4-7H2,1-3H3. The fourth-order valence-corrected chi connectivity index (χ4v) is 2.17. The Kier molecular flexibility index (Phi) is 4.68. The maximum absolute atomic E-state index is 5.49. The van der Waals surface area contributed by atoms with Crippen molar-refractivity contribution in [3.63, 3.8) is 0 Å². The van der Waals surface area contributed by atoms with Crippen molar-refractivity contribution in [2.75, 3.05) is 27.4 Å². The van der Waals surface area contributed by atoms with Crippen LogP contribution in [-0.4, -0.2) is 49.7 Å². The number of hydrogen-bond acceptors (Lipinski definition) is 6. The van der Waals surface area contributed by atoms with Gasteiger partial charge in [0.25, 0.3) is 0 Å². The molecule has 3 atom stereocenters. The Morgan fingerprint density at radius 1 is 1.56 bits per heavy atom. The van der Waals surface area contributed by atoms with Crippen LogP contribution >= 0.6 is 0 Å². The number of hydrogen-bond donors (Lipinski definition) is 1. The van der Waals surface area contributed by atoms with Gasteiger partial charge in [-0.1, -0.05) is 5.16 Å². The molecular formula is C12H21N3O3. The molecule has 0 spiro atoms. The first-order valence-corrected chi connectivity index (χ1v) is 6.35. The van der Waals surface area contributed by atoms with E-state index in [9.17, 15) is 0 Å². The largest absolute Gasteiger partial charge is 0.381 e. The molecule has 0 aromatic carbocycles. The molecule has 18 heavy (non-hydrogen) atoms. The summed E-state index contributed by atoms with van der Waals surface area (Å²) < 4.78 is 16.0. The van der Waals surface area contributed by atoms with Gasteiger partial charge in [0.05, 0.1) is 18.6 Å². The van der Waals surface area contributed by atoms with Crippen LogP contribution in [0.3, 0.4) is 0 Å². The molecular weight excluding hydrogens is 234 g/mol. The molecule has 102 valence electrons. The highest BCUT2D eigenvalue weighted by Gasteiger charge is 2.30. The van der Waals surface area contributed by atoms with E-state index in [1.807, 2.05) is 14.0 Å². The van der Waals surface area contributed by atoms with Gasteiger partial charge in [0, 0.05) is 26.2 Å². The van der Waals surface area contributed by atoms with Gasteiger partial charge < -0.3 is 19.3 Å². The molecule has 0 amide bonds. The lowest BCUT2D eigenvalue weighted by Gasteiger charge is -2.28. The highest BCUT2D eigenvalue weighted by atomic mass is 16.5. The Hall–Kier alpha value is -0.980. The Bertz CT molecular complexity index is 369. The average molecular weight is 255 g/mol. The summed E-state index contributed by atoms with van der Waals surface area (Å²) in [4.78, 5) is 4.44. The number of methoxy groups -OCH3 is 1. The van der Waals surface area contributed by atoms with E-state index < -0.39 is 0 Å². The van der Waals surface area contributed by atoms with Crippen molar-refractivity contribution in [1.29, 1.82) is 0 Å². The lowest BCUT2D eigenvalue weighted by atomic mass is 9.96. The van der Waals surface area contributed by atoms with Crippen molar-refractivity contribution in [3.05, 3.63) is 11.7 Å². The molecule has 1 aliphatic heterocycles. The van der Waals surface area contributed by atoms with Gasteiger partial charge in [0.1, 0.15) is 0 Å². The fourth-order valence-electron chi connectivity index (χ4n) is 2.17. The van der Waals surface area contributed by atoms with Crippen LogP contribution in [0.15, 0.2) is 4.52 Å². The highest BCUT2D eigenvalue weighted by Crippen LogP contribution is 2.24. The van der Waals surface area contributed by atoms with E-state index in [0.29, 0.717) is 30.8 Å². The van der Waals surface area contributed by atoms with Gasteiger partial charge >= 0.3 is 0 Å². The van der Waals surface area contributed by atoms with Gasteiger partial charge in [-0.25, -0.2) is 0 Å². The smallest absolute Gasteiger partial charge is 0.233 e. The second-order valence-corrected chi connectivity index (χ2v) is 4.66. The van der Waals surface area contributed by atoms with E-state index in [2.05, 4.69) is 15.5 Å². The first kappa shape index (κ1) is 13.5. The molecule has 0 bridgehead atoms. The third-order valence-corrected chi connectivity index (χ3v) is 3.40. The van der Waals surface area contributed by atoms with Gasteiger partial charge in [-0.2, -0.15) is 4.98 Å². The summed E-state index contributed by atoms with van der Waals surface area (Å²) in [6.07, 6.45) is 1.73. The van der Waals surface area contributed by atoms with Crippen LogP contribution in [0, 0.1) is 0 Å². The van der Waals surface area contributed by atoms with Crippen LogP contribution in [0.2, 0.25) is 0 Å². The Morgan fingerprint density at radius 2 is 2.39 bits per heavy atom. The minimum Gasteiger partial charge on any atom is -0.381 e. The number of aromatic nitrogens is 2. The van der Waals surface area contributed by atoms with E-state index in [-0.39, 0.29) is 12.0 Å². The van der Waals surface area contributed by atoms with E-state index >= 15 is 0 Å². The van der Waals surface area contributed by atoms with Crippen LogP contribution < -0.4 is 5.32 Å². The lowest BCUT2D eigenvalue weighted by molar-refractivity contribution is 0.0516. The molecule has 0 radical (unpaired) electrons. The second kappa shape index (κ2) is 6.26. The fraction of sp³-hybridized carbons (Fsp3) is 0.833. The van der Waals surface area contributed by atoms with Crippen LogP contribution in [0.4, 0.5) is 0 Å². The molecule has 0 saturated carbocycles. The lowest BCUT2D eigenvalue weighted by Crippen LogP contribution is -2.39. The van der Waals surface area contributed by atoms with Crippen LogP contribution in [0.1, 0.15) is 31.0 Å². The first-order chi connectivity index (χ1) is 8.74. The van der Waals surface area contributed by atoms with Crippen LogP contribution in [-0.2, 0) is 15.9 Å². The Labute approximate surface area is 107 Å². The van der Waals surface area contributed by atoms with Crippen molar-refractivity contribution in [1.82, 2.24) is 15.5 Å². The van der Waals surface area contributed by atoms with Crippen LogP contribution in [0.5, 0.6) is 0 Å². The van der Waals surface area contributed by atoms with Gasteiger partial charge in [-0.3, -0.25) is 0 Å². The number of nitrogens with zero attached hydrogens (tertiary/aromatic N) is 2. The Balaban J connectivity index is 2.03. The zero-order valence-corrected chi connectivity index (χ0v) is 11.2. The molecule has 3 unspecified atom stereocenters. The predicted molar refractivity (Wildman–Crippen MR) is 65.5 cm³/mol. The summed E-state index contributed by atoms with van der Waals surface area (Å²) in [5, 5.41) is 7.28. The molecule has 0 aliphatic carbocycles. The third-order valence-electron chi connectivity index (χ3n) is 3.40. The number of nitrogens with one attached hydrogen (secondary N) is 1. The molecule has 1 saturated heterocycles. The third kappa shape index (κ3) is 3.07. The maximum Gasteiger partial charge on any atom is 0.233 e. The van der Waals surface area contributed by atoms with E-state index in [1.54, 1.807) is 7.11 Å². The summed E-state index contributed by atoms with van der Waals surface area (Å²) in [5.41, 5.74) is 0. The number of rotatable bonds is 5. The topological polar surface area (TPSA) is 69.4 Å². The van der Waals surface area contributed by atoms with Crippen LogP contribution in [0.25, 0.3) is 0 Å². The summed E-state index contributed by atoms with van der Waals surface area (Å²) in [6, 6.07) is 0.340. The minimum absolute atomic E-state index is 0.0955. The second-order valence-electron chi connectivity index (χ2n) is 4.66. The normalized spacial score (nSPS) is 26.2. The monoisotopic (exact) mass is 255 g/mol. The van der Waals surface area contributed by atoms with Gasteiger partial charge in [0.15, 0.2) is 5.82 Å². The van der Waals surface area contributed by atoms with Crippen molar-refractivity contribution in [3.8, 4) is 0 Å². The van der Waals surface area contributed by atoms with Gasteiger partial charge in [-0.05, 0) is 20.4 Å². The van der Waals surface area contributed by atoms with Crippen molar-refractivity contribution >= 4 is 0 Å². The van der Waals surface area contributed by atoms with Crippen molar-refractivity contribution < 1.29 is 14.0 Å². The van der Waals surface area contributed by atoms with E-state index in [4.69, 9.17) is 14.0 Å². The molecule has 2 heterocycles. The van der Waals surface area contributed by atoms with Gasteiger partial charge in [-0.15, -0.1) is 0 Å². The SMILES string of the molecule is CNC1CCOCC1c1nc(CC(C)OC)no1. The Morgan fingerprint density at radius 3 is 3.11 bits per heavy atom. The first-order valence-electron chi connectivity index (χ1n) is 6.35. The highest BCUT2D eigenvalue weighted by molar-refractivity contribution is 5.01. The molecule has 1 aromatic rings. The van der Waals surface area contributed by atoms with Crippen molar-refractivity contribution in [2.24, 2.45) is 0 Å². The van der Waals surface area contributed by atoms with E-state index in [0.717, 1.165) is 13.0 Å². The molecule has 1 N–H and O–H groups in total. The van der Waals surface area contributed by atoms with Crippen molar-refractivity contribution in [2.45, 2.75) is 37.8 Å². The zero-order valence-electron chi connectivity index (χ0n) is 11.2. The predicted octanol–water partition coefficient (Wildman–Crippen LogP) is 0.739. The molecule has 1 aromatic heterocycles. The zero-order chi connectivity index (χ0) is 13.0. The molecule has 6 heteroatoms. The molecule has 6 nitrogen and oxygen atoms in total. The molecule has 1 aliphatic rings. The average Bonchev–Trinajstić information content (AvgIpc) is 2.86. The number of ether oxygens (including phenoxy) is 2. The summed E-state index contributed by atoms with van der Waals surface area (Å²) in [5.74, 6) is 1.50. The number of likely N-dealkylation sites (N-methyl/N-ethyl adjacent to an activating group) is 1. The summed E-state index contributed by atoms with van der Waals surface area (Å²) >= 11 is 0. The molecule has 2 rings (SSSR count). The van der Waals surface area contributed by atoms with Gasteiger partial charge in [0.2, 0.25) is 5.89 Å². The quantitative estimate of drug-likeness (QED) is 0.837.